The lowest BCUT2D eigenvalue weighted by molar-refractivity contribution is 0.0936. The van der Waals surface area contributed by atoms with Crippen molar-refractivity contribution in [1.82, 2.24) is 15.3 Å². The van der Waals surface area contributed by atoms with Crippen molar-refractivity contribution >= 4 is 21.7 Å². The van der Waals surface area contributed by atoms with Gasteiger partial charge in [0.15, 0.2) is 9.84 Å². The highest BCUT2D eigenvalue weighted by Gasteiger charge is 2.29. The number of rotatable bonds is 5. The van der Waals surface area contributed by atoms with Crippen molar-refractivity contribution in [2.45, 2.75) is 19.0 Å². The third-order valence-corrected chi connectivity index (χ3v) is 5.22. The molecule has 1 aliphatic heterocycles. The first-order valence-electron chi connectivity index (χ1n) is 7.12. The van der Waals surface area contributed by atoms with Gasteiger partial charge in [-0.05, 0) is 24.6 Å². The molecule has 0 saturated carbocycles. The Labute approximate surface area is 133 Å². The number of nitrogens with zero attached hydrogens (tertiary/aromatic N) is 2. The summed E-state index contributed by atoms with van der Waals surface area (Å²) in [5.41, 5.74) is 0.186. The van der Waals surface area contributed by atoms with Gasteiger partial charge in [-0.3, -0.25) is 4.79 Å². The second-order valence-electron chi connectivity index (χ2n) is 5.27. The highest BCUT2D eigenvalue weighted by molar-refractivity contribution is 7.91. The molecule has 3 heterocycles. The van der Waals surface area contributed by atoms with Crippen LogP contribution in [0.5, 0.6) is 0 Å². The monoisotopic (exact) mass is 336 g/mol. The van der Waals surface area contributed by atoms with Gasteiger partial charge in [-0.2, -0.15) is 0 Å². The first-order valence-corrected chi connectivity index (χ1v) is 8.94. The molecular formula is C14H16N4O4S. The summed E-state index contributed by atoms with van der Waals surface area (Å²) < 4.78 is 28.0. The molecule has 2 aromatic heterocycles. The Bertz CT molecular complexity index is 789. The number of hydrogen-bond acceptors (Lipinski definition) is 7. The molecule has 2 aromatic rings. The summed E-state index contributed by atoms with van der Waals surface area (Å²) in [6, 6.07) is 4.71. The van der Waals surface area contributed by atoms with Crippen LogP contribution in [0.2, 0.25) is 0 Å². The maximum absolute atomic E-state index is 12.2. The number of hydrogen-bond donors (Lipinski definition) is 2. The van der Waals surface area contributed by atoms with Crippen LogP contribution in [0.1, 0.15) is 22.7 Å². The number of anilines is 1. The minimum absolute atomic E-state index is 0.0204. The first kappa shape index (κ1) is 15.5. The van der Waals surface area contributed by atoms with Crippen molar-refractivity contribution in [2.24, 2.45) is 0 Å². The summed E-state index contributed by atoms with van der Waals surface area (Å²) in [6.45, 7) is 0.402. The Morgan fingerprint density at radius 2 is 2.26 bits per heavy atom. The summed E-state index contributed by atoms with van der Waals surface area (Å²) in [6.07, 6.45) is 3.47. The fraction of sp³-hybridized carbons (Fsp3) is 0.357. The molecule has 1 saturated heterocycles. The normalized spacial score (nSPS) is 19.4. The molecule has 122 valence electrons. The van der Waals surface area contributed by atoms with Crippen LogP contribution in [0.25, 0.3) is 0 Å². The lowest BCUT2D eigenvalue weighted by Crippen LogP contribution is -2.36. The minimum Gasteiger partial charge on any atom is -0.467 e. The number of aromatic nitrogens is 2. The van der Waals surface area contributed by atoms with E-state index in [0.29, 0.717) is 18.9 Å². The van der Waals surface area contributed by atoms with Crippen molar-refractivity contribution < 1.29 is 17.6 Å². The van der Waals surface area contributed by atoms with E-state index in [2.05, 4.69) is 20.6 Å². The Morgan fingerprint density at radius 3 is 2.96 bits per heavy atom. The zero-order valence-electron chi connectivity index (χ0n) is 12.2. The van der Waals surface area contributed by atoms with Crippen molar-refractivity contribution in [3.8, 4) is 0 Å². The van der Waals surface area contributed by atoms with Crippen LogP contribution in [-0.2, 0) is 16.4 Å². The lowest BCUT2D eigenvalue weighted by Gasteiger charge is -2.10. The Hall–Kier alpha value is -2.42. The number of carbonyl (C=O) groups is 1. The molecule has 23 heavy (non-hydrogen) atoms. The second-order valence-corrected chi connectivity index (χ2v) is 7.50. The number of furan rings is 1. The van der Waals surface area contributed by atoms with Crippen LogP contribution in [0, 0.1) is 0 Å². The molecule has 2 N–H and O–H groups in total. The largest absolute Gasteiger partial charge is 0.467 e. The molecule has 0 radical (unpaired) electrons. The molecule has 0 aliphatic carbocycles. The van der Waals surface area contributed by atoms with E-state index in [1.54, 1.807) is 12.3 Å². The molecule has 1 atom stereocenters. The fourth-order valence-corrected chi connectivity index (χ4v) is 3.99. The molecule has 0 bridgehead atoms. The van der Waals surface area contributed by atoms with Crippen molar-refractivity contribution in [2.75, 3.05) is 16.8 Å². The van der Waals surface area contributed by atoms with Gasteiger partial charge in [0.2, 0.25) is 5.95 Å². The Morgan fingerprint density at radius 1 is 1.39 bits per heavy atom. The molecule has 1 amide bonds. The SMILES string of the molecule is O=C(NC1CCS(=O)(=O)C1)c1ccnc(NCc2ccco2)n1. The summed E-state index contributed by atoms with van der Waals surface area (Å²) in [5.74, 6) is 0.703. The average molecular weight is 336 g/mol. The van der Waals surface area contributed by atoms with Gasteiger partial charge in [0.1, 0.15) is 11.5 Å². The van der Waals surface area contributed by atoms with E-state index in [1.807, 2.05) is 6.07 Å². The van der Waals surface area contributed by atoms with E-state index in [4.69, 9.17) is 4.42 Å². The van der Waals surface area contributed by atoms with Crippen LogP contribution in [0.15, 0.2) is 35.1 Å². The van der Waals surface area contributed by atoms with Crippen LogP contribution in [-0.4, -0.2) is 41.8 Å². The molecule has 0 aromatic carbocycles. The van der Waals surface area contributed by atoms with Gasteiger partial charge >= 0.3 is 0 Å². The molecule has 8 nitrogen and oxygen atoms in total. The average Bonchev–Trinajstić information content (AvgIpc) is 3.15. The first-order chi connectivity index (χ1) is 11.0. The van der Waals surface area contributed by atoms with E-state index < -0.39 is 15.7 Å². The Balaban J connectivity index is 1.61. The predicted molar refractivity (Wildman–Crippen MR) is 82.6 cm³/mol. The molecule has 1 unspecified atom stereocenters. The van der Waals surface area contributed by atoms with E-state index in [9.17, 15) is 13.2 Å². The van der Waals surface area contributed by atoms with Gasteiger partial charge in [0.05, 0.1) is 24.3 Å². The molecule has 9 heteroatoms. The van der Waals surface area contributed by atoms with Crippen molar-refractivity contribution in [3.63, 3.8) is 0 Å². The third-order valence-electron chi connectivity index (χ3n) is 3.46. The number of carbonyl (C=O) groups excluding carboxylic acids is 1. The quantitative estimate of drug-likeness (QED) is 0.821. The van der Waals surface area contributed by atoms with Gasteiger partial charge in [0.25, 0.3) is 5.91 Å². The van der Waals surface area contributed by atoms with E-state index in [0.717, 1.165) is 5.76 Å². The number of amides is 1. The summed E-state index contributed by atoms with van der Waals surface area (Å²) >= 11 is 0. The van der Waals surface area contributed by atoms with Crippen LogP contribution >= 0.6 is 0 Å². The zero-order chi connectivity index (χ0) is 16.3. The number of nitrogens with one attached hydrogen (secondary N) is 2. The lowest BCUT2D eigenvalue weighted by atomic mass is 10.2. The maximum Gasteiger partial charge on any atom is 0.270 e. The Kier molecular flexibility index (Phi) is 4.28. The molecule has 0 spiro atoms. The minimum atomic E-state index is -3.04. The highest BCUT2D eigenvalue weighted by atomic mass is 32.2. The zero-order valence-corrected chi connectivity index (χ0v) is 13.0. The van der Waals surface area contributed by atoms with Crippen LogP contribution in [0.4, 0.5) is 5.95 Å². The van der Waals surface area contributed by atoms with Crippen molar-refractivity contribution in [3.05, 3.63) is 42.1 Å². The summed E-state index contributed by atoms with van der Waals surface area (Å²) in [4.78, 5) is 20.3. The molecule has 3 rings (SSSR count). The maximum atomic E-state index is 12.2. The summed E-state index contributed by atoms with van der Waals surface area (Å²) in [5, 5.41) is 5.65. The topological polar surface area (TPSA) is 114 Å². The fourth-order valence-electron chi connectivity index (χ4n) is 2.32. The molecule has 1 aliphatic rings. The van der Waals surface area contributed by atoms with E-state index in [1.165, 1.54) is 12.3 Å². The van der Waals surface area contributed by atoms with Crippen LogP contribution in [0.3, 0.4) is 0 Å². The van der Waals surface area contributed by atoms with Gasteiger partial charge in [-0.15, -0.1) is 0 Å². The smallest absolute Gasteiger partial charge is 0.270 e. The number of sulfone groups is 1. The van der Waals surface area contributed by atoms with E-state index in [-0.39, 0.29) is 23.2 Å². The second kappa shape index (κ2) is 6.37. The third kappa shape index (κ3) is 4.07. The van der Waals surface area contributed by atoms with Gasteiger partial charge in [-0.25, -0.2) is 18.4 Å². The van der Waals surface area contributed by atoms with Gasteiger partial charge in [-0.1, -0.05) is 0 Å². The van der Waals surface area contributed by atoms with Gasteiger partial charge < -0.3 is 15.1 Å². The van der Waals surface area contributed by atoms with E-state index >= 15 is 0 Å². The summed E-state index contributed by atoms with van der Waals surface area (Å²) in [7, 11) is -3.04. The van der Waals surface area contributed by atoms with Crippen LogP contribution < -0.4 is 10.6 Å². The molecular weight excluding hydrogens is 320 g/mol. The van der Waals surface area contributed by atoms with Gasteiger partial charge in [0, 0.05) is 12.2 Å². The predicted octanol–water partition coefficient (Wildman–Crippen LogP) is 0.599. The molecule has 1 fully saturated rings. The highest BCUT2D eigenvalue weighted by Crippen LogP contribution is 2.12. The van der Waals surface area contributed by atoms with Crippen molar-refractivity contribution in [1.29, 1.82) is 0 Å². The standard InChI is InChI=1S/C14H16N4O4S/c19-13(17-10-4-7-23(20,21)9-10)12-3-5-15-14(18-12)16-8-11-2-1-6-22-11/h1-3,5-6,10H,4,7-9H2,(H,17,19)(H,15,16,18).